The Morgan fingerprint density at radius 1 is 1.14 bits per heavy atom. The second kappa shape index (κ2) is 7.93. The van der Waals surface area contributed by atoms with Gasteiger partial charge < -0.3 is 5.32 Å². The minimum atomic E-state index is -3.75. The number of nitrogens with one attached hydrogen (secondary N) is 1. The number of carbonyl (C=O) groups excluding carboxylic acids is 1. The first-order chi connectivity index (χ1) is 13.9. The normalized spacial score (nSPS) is 17.9. The number of fused-ring (bicyclic) bond motifs is 1. The number of para-hydroxylation sites is 2. The van der Waals surface area contributed by atoms with Gasteiger partial charge in [-0.15, -0.1) is 0 Å². The number of nitrogens with zero attached hydrogens (tertiary/aromatic N) is 2. The number of pyridine rings is 1. The smallest absolute Gasteiger partial charge is 0.245 e. The molecule has 1 amide bonds. The maximum absolute atomic E-state index is 13.4. The highest BCUT2D eigenvalue weighted by Crippen LogP contribution is 2.28. The number of rotatable bonds is 4. The van der Waals surface area contributed by atoms with Crippen molar-refractivity contribution in [2.24, 2.45) is 5.92 Å². The minimum absolute atomic E-state index is 0.150. The fraction of sp³-hybridized carbons (Fsp3) is 0.273. The van der Waals surface area contributed by atoms with Crippen LogP contribution in [0, 0.1) is 12.8 Å². The summed E-state index contributed by atoms with van der Waals surface area (Å²) in [6.07, 6.45) is 2.98. The number of carbonyl (C=O) groups is 1. The van der Waals surface area contributed by atoms with Gasteiger partial charge in [0.1, 0.15) is 4.90 Å². The maximum atomic E-state index is 13.4. The Morgan fingerprint density at radius 2 is 1.93 bits per heavy atom. The molecule has 1 aromatic heterocycles. The average Bonchev–Trinajstić information content (AvgIpc) is 2.74. The number of aromatic nitrogens is 1. The van der Waals surface area contributed by atoms with Crippen LogP contribution in [0.5, 0.6) is 0 Å². The molecule has 0 spiro atoms. The summed E-state index contributed by atoms with van der Waals surface area (Å²) in [5.74, 6) is -0.535. The van der Waals surface area contributed by atoms with E-state index in [0.29, 0.717) is 30.6 Å². The molecule has 1 aliphatic heterocycles. The molecular weight excluding hydrogens is 386 g/mol. The Bertz CT molecular complexity index is 1150. The van der Waals surface area contributed by atoms with E-state index in [1.165, 1.54) is 4.31 Å². The van der Waals surface area contributed by atoms with E-state index in [-0.39, 0.29) is 23.3 Å². The van der Waals surface area contributed by atoms with Crippen molar-refractivity contribution >= 4 is 32.5 Å². The average molecular weight is 410 g/mol. The van der Waals surface area contributed by atoms with E-state index >= 15 is 0 Å². The van der Waals surface area contributed by atoms with Crippen LogP contribution in [0.2, 0.25) is 0 Å². The largest absolute Gasteiger partial charge is 0.326 e. The van der Waals surface area contributed by atoms with Crippen molar-refractivity contribution in [3.63, 3.8) is 0 Å². The van der Waals surface area contributed by atoms with Crippen molar-refractivity contribution in [3.05, 3.63) is 66.4 Å². The van der Waals surface area contributed by atoms with E-state index in [1.807, 2.05) is 49.4 Å². The van der Waals surface area contributed by atoms with Gasteiger partial charge in [-0.3, -0.25) is 9.78 Å². The predicted octanol–water partition coefficient (Wildman–Crippen LogP) is 3.58. The summed E-state index contributed by atoms with van der Waals surface area (Å²) in [6.45, 7) is 2.50. The topological polar surface area (TPSA) is 79.4 Å². The van der Waals surface area contributed by atoms with Crippen molar-refractivity contribution in [2.75, 3.05) is 18.4 Å². The standard InChI is InChI=1S/C22H23N3O3S/c1-16-13-17-7-5-11-20(21(17)23-14-16)29(27,28)25-12-6-8-18(15-25)22(26)24-19-9-3-2-4-10-19/h2-5,7,9-11,13-14,18H,6,8,12,15H2,1H3,(H,24,26). The lowest BCUT2D eigenvalue weighted by atomic mass is 9.99. The molecule has 1 fully saturated rings. The number of hydrogen-bond acceptors (Lipinski definition) is 4. The van der Waals surface area contributed by atoms with E-state index in [4.69, 9.17) is 0 Å². The van der Waals surface area contributed by atoms with Crippen LogP contribution in [0.4, 0.5) is 5.69 Å². The lowest BCUT2D eigenvalue weighted by Gasteiger charge is -2.31. The zero-order valence-electron chi connectivity index (χ0n) is 16.2. The number of benzene rings is 2. The first-order valence-corrected chi connectivity index (χ1v) is 11.1. The lowest BCUT2D eigenvalue weighted by molar-refractivity contribution is -0.120. The van der Waals surface area contributed by atoms with Gasteiger partial charge in [-0.2, -0.15) is 4.31 Å². The van der Waals surface area contributed by atoms with E-state index in [0.717, 1.165) is 10.9 Å². The van der Waals surface area contributed by atoms with Crippen LogP contribution in [0.1, 0.15) is 18.4 Å². The fourth-order valence-electron chi connectivity index (χ4n) is 3.73. The maximum Gasteiger partial charge on any atom is 0.245 e. The number of aryl methyl sites for hydroxylation is 1. The van der Waals surface area contributed by atoms with E-state index in [1.54, 1.807) is 18.3 Å². The summed E-state index contributed by atoms with van der Waals surface area (Å²) in [5.41, 5.74) is 2.16. The molecule has 1 N–H and O–H groups in total. The molecule has 0 saturated carbocycles. The van der Waals surface area contributed by atoms with E-state index in [2.05, 4.69) is 10.3 Å². The molecule has 1 aliphatic rings. The summed E-state index contributed by atoms with van der Waals surface area (Å²) in [4.78, 5) is 17.2. The zero-order chi connectivity index (χ0) is 20.4. The first-order valence-electron chi connectivity index (χ1n) is 9.66. The molecule has 150 valence electrons. The van der Waals surface area contributed by atoms with Crippen LogP contribution in [0.3, 0.4) is 0 Å². The first kappa shape index (κ1) is 19.5. The molecule has 29 heavy (non-hydrogen) atoms. The van der Waals surface area contributed by atoms with Gasteiger partial charge in [-0.1, -0.05) is 30.3 Å². The summed E-state index contributed by atoms with van der Waals surface area (Å²) in [5, 5.41) is 3.68. The number of piperidine rings is 1. The van der Waals surface area contributed by atoms with Gasteiger partial charge in [-0.25, -0.2) is 8.42 Å². The Hall–Kier alpha value is -2.77. The van der Waals surface area contributed by atoms with Gasteiger partial charge in [0.25, 0.3) is 0 Å². The van der Waals surface area contributed by atoms with Gasteiger partial charge in [-0.05, 0) is 49.6 Å². The summed E-state index contributed by atoms with van der Waals surface area (Å²) >= 11 is 0. The van der Waals surface area contributed by atoms with E-state index < -0.39 is 10.0 Å². The quantitative estimate of drug-likeness (QED) is 0.714. The molecule has 1 saturated heterocycles. The lowest BCUT2D eigenvalue weighted by Crippen LogP contribution is -2.43. The van der Waals surface area contributed by atoms with Crippen LogP contribution in [-0.2, 0) is 14.8 Å². The molecule has 2 aromatic carbocycles. The summed E-state index contributed by atoms with van der Waals surface area (Å²) < 4.78 is 28.2. The van der Waals surface area contributed by atoms with Crippen LogP contribution in [-0.4, -0.2) is 36.7 Å². The summed E-state index contributed by atoms with van der Waals surface area (Å²) in [6, 6.07) is 16.3. The predicted molar refractivity (Wildman–Crippen MR) is 113 cm³/mol. The Kier molecular flexibility index (Phi) is 5.34. The molecule has 0 bridgehead atoms. The number of sulfonamides is 1. The van der Waals surface area contributed by atoms with E-state index in [9.17, 15) is 13.2 Å². The van der Waals surface area contributed by atoms with Gasteiger partial charge in [0.2, 0.25) is 15.9 Å². The molecule has 0 radical (unpaired) electrons. The fourth-order valence-corrected chi connectivity index (χ4v) is 5.42. The third-order valence-electron chi connectivity index (χ3n) is 5.22. The van der Waals surface area contributed by atoms with Crippen molar-refractivity contribution in [3.8, 4) is 0 Å². The molecule has 1 unspecified atom stereocenters. The number of amides is 1. The summed E-state index contributed by atoms with van der Waals surface area (Å²) in [7, 11) is -3.75. The van der Waals surface area contributed by atoms with Crippen molar-refractivity contribution < 1.29 is 13.2 Å². The molecule has 6 nitrogen and oxygen atoms in total. The highest BCUT2D eigenvalue weighted by molar-refractivity contribution is 7.89. The Labute approximate surface area is 170 Å². The van der Waals surface area contributed by atoms with Crippen LogP contribution in [0.15, 0.2) is 65.7 Å². The third kappa shape index (κ3) is 4.02. The minimum Gasteiger partial charge on any atom is -0.326 e. The molecule has 4 rings (SSSR count). The molecule has 2 heterocycles. The van der Waals surface area contributed by atoms with Crippen LogP contribution in [0.25, 0.3) is 10.9 Å². The second-order valence-corrected chi connectivity index (χ2v) is 9.30. The van der Waals surface area contributed by atoms with Crippen LogP contribution < -0.4 is 5.32 Å². The Balaban J connectivity index is 1.58. The number of anilines is 1. The van der Waals surface area contributed by atoms with Crippen molar-refractivity contribution in [2.45, 2.75) is 24.7 Å². The van der Waals surface area contributed by atoms with Gasteiger partial charge in [0.05, 0.1) is 11.4 Å². The molecule has 1 atom stereocenters. The number of hydrogen-bond donors (Lipinski definition) is 1. The molecule has 7 heteroatoms. The highest BCUT2D eigenvalue weighted by Gasteiger charge is 2.34. The molecule has 0 aliphatic carbocycles. The van der Waals surface area contributed by atoms with Gasteiger partial charge in [0, 0.05) is 30.4 Å². The Morgan fingerprint density at radius 3 is 2.72 bits per heavy atom. The molecule has 3 aromatic rings. The second-order valence-electron chi connectivity index (χ2n) is 7.40. The molecular formula is C22H23N3O3S. The SMILES string of the molecule is Cc1cnc2c(S(=O)(=O)N3CCCC(C(=O)Nc4ccccc4)C3)cccc2c1. The van der Waals surface area contributed by atoms with Crippen molar-refractivity contribution in [1.82, 2.24) is 9.29 Å². The monoisotopic (exact) mass is 409 g/mol. The van der Waals surface area contributed by atoms with Gasteiger partial charge in [0.15, 0.2) is 0 Å². The van der Waals surface area contributed by atoms with Gasteiger partial charge >= 0.3 is 0 Å². The van der Waals surface area contributed by atoms with Crippen LogP contribution >= 0.6 is 0 Å². The highest BCUT2D eigenvalue weighted by atomic mass is 32.2. The van der Waals surface area contributed by atoms with Crippen molar-refractivity contribution in [1.29, 1.82) is 0 Å². The zero-order valence-corrected chi connectivity index (χ0v) is 17.0. The third-order valence-corrected chi connectivity index (χ3v) is 7.12.